The first-order valence-corrected chi connectivity index (χ1v) is 7.94. The van der Waals surface area contributed by atoms with Crippen molar-refractivity contribution < 1.29 is 14.4 Å². The minimum absolute atomic E-state index is 0.159. The fourth-order valence-corrected chi connectivity index (χ4v) is 4.73. The Morgan fingerprint density at radius 3 is 2.35 bits per heavy atom. The zero-order chi connectivity index (χ0) is 15.7. The van der Waals surface area contributed by atoms with Crippen LogP contribution in [0.3, 0.4) is 0 Å². The molecule has 1 aliphatic heterocycles. The van der Waals surface area contributed by atoms with Gasteiger partial charge in [-0.05, 0) is 42.2 Å². The number of hydrogen-bond donors (Lipinski definition) is 1. The van der Waals surface area contributed by atoms with Crippen molar-refractivity contribution in [1.82, 2.24) is 15.4 Å². The summed E-state index contributed by atoms with van der Waals surface area (Å²) in [5.74, 6) is -0.175. The van der Waals surface area contributed by atoms with Crippen LogP contribution in [0.15, 0.2) is 36.7 Å². The predicted octanol–water partition coefficient (Wildman–Crippen LogP) is 0.779. The molecule has 116 valence electrons. The highest BCUT2D eigenvalue weighted by molar-refractivity contribution is 6.08. The van der Waals surface area contributed by atoms with Gasteiger partial charge in [0.15, 0.2) is 0 Å². The maximum Gasteiger partial charge on any atom is 0.271 e. The third-order valence-corrected chi connectivity index (χ3v) is 5.80. The lowest BCUT2D eigenvalue weighted by molar-refractivity contribution is -0.143. The summed E-state index contributed by atoms with van der Waals surface area (Å²) in [6.07, 6.45) is 8.31. The van der Waals surface area contributed by atoms with Gasteiger partial charge in [0.2, 0.25) is 0 Å². The first kappa shape index (κ1) is 13.0. The lowest BCUT2D eigenvalue weighted by atomic mass is 9.63. The van der Waals surface area contributed by atoms with Gasteiger partial charge in [0.25, 0.3) is 17.7 Å². The van der Waals surface area contributed by atoms with E-state index in [-0.39, 0.29) is 35.5 Å². The van der Waals surface area contributed by atoms with Gasteiger partial charge in [0.1, 0.15) is 0 Å². The van der Waals surface area contributed by atoms with Crippen LogP contribution in [0.5, 0.6) is 0 Å². The number of aromatic nitrogens is 1. The summed E-state index contributed by atoms with van der Waals surface area (Å²) in [6.45, 7) is 0. The minimum atomic E-state index is -0.482. The summed E-state index contributed by atoms with van der Waals surface area (Å²) in [4.78, 5) is 41.5. The molecular weight excluding hydrogens is 294 g/mol. The molecule has 6 heteroatoms. The number of amides is 3. The zero-order valence-corrected chi connectivity index (χ0v) is 12.3. The van der Waals surface area contributed by atoms with E-state index in [1.165, 1.54) is 6.20 Å². The maximum absolute atomic E-state index is 12.7. The Hall–Kier alpha value is -2.50. The molecule has 6 rings (SSSR count). The molecule has 1 aromatic heterocycles. The number of nitrogens with zero attached hydrogens (tertiary/aromatic N) is 2. The van der Waals surface area contributed by atoms with Crippen LogP contribution in [0, 0.1) is 35.5 Å². The number of hydrazine groups is 1. The molecule has 0 spiro atoms. The van der Waals surface area contributed by atoms with Crippen LogP contribution in [-0.4, -0.2) is 27.7 Å². The van der Waals surface area contributed by atoms with Crippen LogP contribution in [0.2, 0.25) is 0 Å². The summed E-state index contributed by atoms with van der Waals surface area (Å²) in [7, 11) is 0. The summed E-state index contributed by atoms with van der Waals surface area (Å²) < 4.78 is 0. The summed E-state index contributed by atoms with van der Waals surface area (Å²) >= 11 is 0. The van der Waals surface area contributed by atoms with E-state index < -0.39 is 5.91 Å². The highest BCUT2D eigenvalue weighted by Crippen LogP contribution is 2.65. The molecule has 4 aliphatic carbocycles. The zero-order valence-electron chi connectivity index (χ0n) is 12.3. The Balaban J connectivity index is 1.42. The van der Waals surface area contributed by atoms with E-state index in [2.05, 4.69) is 22.6 Å². The molecule has 2 bridgehead atoms. The van der Waals surface area contributed by atoms with Gasteiger partial charge < -0.3 is 0 Å². The van der Waals surface area contributed by atoms with Crippen molar-refractivity contribution in [2.75, 3.05) is 0 Å². The Kier molecular flexibility index (Phi) is 2.42. The number of carbonyl (C=O) groups is 3. The van der Waals surface area contributed by atoms with Gasteiger partial charge in [-0.2, -0.15) is 5.01 Å². The molecule has 0 radical (unpaired) electrons. The average Bonchev–Trinajstić information content (AvgIpc) is 3.37. The molecule has 0 unspecified atom stereocenters. The smallest absolute Gasteiger partial charge is 0.271 e. The fraction of sp³-hybridized carbons (Fsp3) is 0.412. The van der Waals surface area contributed by atoms with Gasteiger partial charge in [-0.15, -0.1) is 0 Å². The van der Waals surface area contributed by atoms with E-state index in [0.29, 0.717) is 17.4 Å². The molecule has 1 saturated heterocycles. The largest absolute Gasteiger partial charge is 0.272 e. The van der Waals surface area contributed by atoms with Crippen LogP contribution >= 0.6 is 0 Å². The van der Waals surface area contributed by atoms with Crippen molar-refractivity contribution in [3.63, 3.8) is 0 Å². The van der Waals surface area contributed by atoms with Crippen molar-refractivity contribution in [3.8, 4) is 0 Å². The minimum Gasteiger partial charge on any atom is -0.272 e. The summed E-state index contributed by atoms with van der Waals surface area (Å²) in [5.41, 5.74) is 2.80. The van der Waals surface area contributed by atoms with Gasteiger partial charge >= 0.3 is 0 Å². The van der Waals surface area contributed by atoms with Crippen LogP contribution in [0.25, 0.3) is 0 Å². The highest BCUT2D eigenvalue weighted by atomic mass is 16.2. The molecule has 1 aromatic rings. The molecular formula is C17H15N3O3. The molecule has 3 amide bonds. The molecule has 3 fully saturated rings. The quantitative estimate of drug-likeness (QED) is 0.647. The van der Waals surface area contributed by atoms with Gasteiger partial charge in [0.05, 0.1) is 17.4 Å². The van der Waals surface area contributed by atoms with E-state index in [1.807, 2.05) is 0 Å². The number of nitrogens with one attached hydrogen (secondary N) is 1. The highest BCUT2D eigenvalue weighted by Gasteiger charge is 2.67. The van der Waals surface area contributed by atoms with E-state index in [1.54, 1.807) is 18.3 Å². The van der Waals surface area contributed by atoms with E-state index >= 15 is 0 Å². The average molecular weight is 309 g/mol. The van der Waals surface area contributed by atoms with E-state index in [4.69, 9.17) is 0 Å². The topological polar surface area (TPSA) is 79.4 Å². The molecule has 5 aliphatic rings. The first-order chi connectivity index (χ1) is 11.2. The number of imide groups is 1. The Morgan fingerprint density at radius 1 is 1.13 bits per heavy atom. The lowest BCUT2D eigenvalue weighted by Gasteiger charge is -2.37. The molecule has 2 saturated carbocycles. The van der Waals surface area contributed by atoms with Gasteiger partial charge in [0, 0.05) is 12.4 Å². The molecule has 1 N–H and O–H groups in total. The maximum atomic E-state index is 12.7. The van der Waals surface area contributed by atoms with Crippen molar-refractivity contribution in [3.05, 3.63) is 42.2 Å². The lowest BCUT2D eigenvalue weighted by Crippen LogP contribution is -2.46. The second-order valence-corrected chi connectivity index (χ2v) is 6.85. The Labute approximate surface area is 132 Å². The normalized spacial score (nSPS) is 39.2. The first-order valence-electron chi connectivity index (χ1n) is 7.94. The van der Waals surface area contributed by atoms with Gasteiger partial charge in [-0.1, -0.05) is 12.2 Å². The molecule has 2 heterocycles. The van der Waals surface area contributed by atoms with Crippen LogP contribution < -0.4 is 5.43 Å². The van der Waals surface area contributed by atoms with Gasteiger partial charge in [-0.25, -0.2) is 0 Å². The standard InChI is InChI=1S/C17H15N3O3/c21-15(8-2-1-5-18-7-8)19-20-16(22)13-9-3-4-10(12-6-11(9)12)14(13)17(20)23/h1-5,7,9-14H,6H2,(H,19,21)/t9-,10+,11+,12-,13+,14-. The third kappa shape index (κ3) is 1.63. The monoisotopic (exact) mass is 309 g/mol. The SMILES string of the molecule is O=C(NN1C(=O)[C@@H]2[C@H]3C=C[C@H]([C@@H]4C[C@H]34)[C@@H]2C1=O)c1cccnc1. The Morgan fingerprint density at radius 2 is 1.78 bits per heavy atom. The van der Waals surface area contributed by atoms with Crippen molar-refractivity contribution in [2.45, 2.75) is 6.42 Å². The van der Waals surface area contributed by atoms with Gasteiger partial charge in [-0.3, -0.25) is 24.8 Å². The van der Waals surface area contributed by atoms with Crippen molar-refractivity contribution in [2.24, 2.45) is 35.5 Å². The Bertz CT molecular complexity index is 724. The number of hydrogen-bond acceptors (Lipinski definition) is 4. The second kappa shape index (κ2) is 4.28. The fourth-order valence-electron chi connectivity index (χ4n) is 4.73. The molecule has 23 heavy (non-hydrogen) atoms. The van der Waals surface area contributed by atoms with Crippen LogP contribution in [-0.2, 0) is 9.59 Å². The molecule has 6 nitrogen and oxygen atoms in total. The van der Waals surface area contributed by atoms with Crippen molar-refractivity contribution >= 4 is 17.7 Å². The number of allylic oxidation sites excluding steroid dienone is 2. The third-order valence-electron chi connectivity index (χ3n) is 5.80. The van der Waals surface area contributed by atoms with E-state index in [9.17, 15) is 14.4 Å². The van der Waals surface area contributed by atoms with Crippen LogP contribution in [0.1, 0.15) is 16.8 Å². The van der Waals surface area contributed by atoms with E-state index in [0.717, 1.165) is 11.4 Å². The van der Waals surface area contributed by atoms with Crippen LogP contribution in [0.4, 0.5) is 0 Å². The molecule has 6 atom stereocenters. The number of carbonyl (C=O) groups excluding carboxylic acids is 3. The number of pyridine rings is 1. The number of rotatable bonds is 2. The summed E-state index contributed by atoms with van der Waals surface area (Å²) in [5, 5.41) is 0.947. The second-order valence-electron chi connectivity index (χ2n) is 6.85. The predicted molar refractivity (Wildman–Crippen MR) is 78.3 cm³/mol. The molecule has 0 aromatic carbocycles. The van der Waals surface area contributed by atoms with Crippen molar-refractivity contribution in [1.29, 1.82) is 0 Å². The summed E-state index contributed by atoms with van der Waals surface area (Å²) in [6, 6.07) is 3.24.